The van der Waals surface area contributed by atoms with Crippen LogP contribution >= 0.6 is 0 Å². The number of carbonyl (C=O) groups is 1. The van der Waals surface area contributed by atoms with Gasteiger partial charge in [0, 0.05) is 5.04 Å². The van der Waals surface area contributed by atoms with Gasteiger partial charge in [0.15, 0.2) is 0 Å². The average Bonchev–Trinajstić information content (AvgIpc) is 1.84. The fourth-order valence-electron chi connectivity index (χ4n) is 0.196. The van der Waals surface area contributed by atoms with Crippen molar-refractivity contribution in [1.82, 2.24) is 0 Å². The molecule has 70 valence electrons. The third-order valence-electron chi connectivity index (χ3n) is 0.813. The topological polar surface area (TPSA) is 87.9 Å². The minimum Gasteiger partial charge on any atom is -0.268 e. The highest BCUT2D eigenvalue weighted by Crippen LogP contribution is 2.14. The van der Waals surface area contributed by atoms with Crippen LogP contribution in [-0.2, 0) is 19.7 Å². The van der Waals surface area contributed by atoms with Crippen LogP contribution < -0.4 is 0 Å². The number of hydrogen-bond donors (Lipinski definition) is 0. The SMILES string of the molecule is CC(C)(C)C(=O)OOO[N+](=O)[O-]. The maximum Gasteiger partial charge on any atom is 0.350 e. The Morgan fingerprint density at radius 1 is 1.42 bits per heavy atom. The summed E-state index contributed by atoms with van der Waals surface area (Å²) in [4.78, 5) is 27.5. The molecule has 0 saturated heterocycles. The molecule has 0 radical (unpaired) electrons. The van der Waals surface area contributed by atoms with Crippen molar-refractivity contribution in [3.63, 3.8) is 0 Å². The fraction of sp³-hybridized carbons (Fsp3) is 0.800. The Hall–Kier alpha value is -1.37. The van der Waals surface area contributed by atoms with Gasteiger partial charge in [0.25, 0.3) is 0 Å². The van der Waals surface area contributed by atoms with Crippen LogP contribution in [0, 0.1) is 15.5 Å². The number of carbonyl (C=O) groups excluding carboxylic acids is 1. The van der Waals surface area contributed by atoms with Crippen LogP contribution in [0.2, 0.25) is 0 Å². The number of rotatable bonds is 3. The molecule has 0 aromatic carbocycles. The lowest BCUT2D eigenvalue weighted by atomic mass is 9.98. The van der Waals surface area contributed by atoms with Gasteiger partial charge >= 0.3 is 11.1 Å². The van der Waals surface area contributed by atoms with Gasteiger partial charge in [-0.15, -0.1) is 15.1 Å². The first-order chi connectivity index (χ1) is 5.34. The van der Waals surface area contributed by atoms with Crippen molar-refractivity contribution in [3.8, 4) is 0 Å². The van der Waals surface area contributed by atoms with E-state index in [0.29, 0.717) is 0 Å². The molecule has 12 heavy (non-hydrogen) atoms. The monoisotopic (exact) mass is 179 g/mol. The lowest BCUT2D eigenvalue weighted by Crippen LogP contribution is -2.23. The lowest BCUT2D eigenvalue weighted by molar-refractivity contribution is -0.885. The summed E-state index contributed by atoms with van der Waals surface area (Å²) in [7, 11) is 0. The Morgan fingerprint density at radius 2 is 1.92 bits per heavy atom. The van der Waals surface area contributed by atoms with Crippen molar-refractivity contribution in [1.29, 1.82) is 0 Å². The minimum atomic E-state index is -1.24. The molecule has 0 saturated carbocycles. The first kappa shape index (κ1) is 10.6. The zero-order valence-corrected chi connectivity index (χ0v) is 6.90. The fourth-order valence-corrected chi connectivity index (χ4v) is 0.196. The molecule has 0 rings (SSSR count). The van der Waals surface area contributed by atoms with Gasteiger partial charge in [-0.2, -0.15) is 0 Å². The summed E-state index contributed by atoms with van der Waals surface area (Å²) >= 11 is 0. The second-order valence-corrected chi connectivity index (χ2v) is 2.99. The molecule has 0 amide bonds. The second kappa shape index (κ2) is 3.86. The quantitative estimate of drug-likeness (QED) is 0.358. The van der Waals surface area contributed by atoms with Gasteiger partial charge < -0.3 is 0 Å². The zero-order valence-electron chi connectivity index (χ0n) is 6.90. The lowest BCUT2D eigenvalue weighted by Gasteiger charge is -2.12. The molecular weight excluding hydrogens is 170 g/mol. The molecule has 0 aliphatic heterocycles. The standard InChI is InChI=1S/C5H9NO6/c1-5(2,3)4(7)10-12-11-6(8)9/h1-3H3. The molecule has 0 fully saturated rings. The van der Waals surface area contributed by atoms with E-state index in [9.17, 15) is 14.9 Å². The Balaban J connectivity index is 3.66. The molecule has 0 aliphatic rings. The highest BCUT2D eigenvalue weighted by Gasteiger charge is 2.24. The summed E-state index contributed by atoms with van der Waals surface area (Å²) in [5.74, 6) is -0.760. The molecule has 7 heteroatoms. The van der Waals surface area contributed by atoms with Gasteiger partial charge in [-0.25, -0.2) is 4.79 Å². The van der Waals surface area contributed by atoms with Crippen molar-refractivity contribution in [2.24, 2.45) is 5.41 Å². The molecule has 0 spiro atoms. The Bertz CT molecular complexity index is 183. The highest BCUT2D eigenvalue weighted by atomic mass is 17.6. The normalized spacial score (nSPS) is 10.6. The van der Waals surface area contributed by atoms with E-state index in [0.717, 1.165) is 0 Å². The maximum absolute atomic E-state index is 10.8. The molecule has 0 unspecified atom stereocenters. The molecule has 0 bridgehead atoms. The van der Waals surface area contributed by atoms with E-state index in [4.69, 9.17) is 0 Å². The third-order valence-corrected chi connectivity index (χ3v) is 0.813. The van der Waals surface area contributed by atoms with Crippen molar-refractivity contribution >= 4 is 5.97 Å². The smallest absolute Gasteiger partial charge is 0.268 e. The Kier molecular flexibility index (Phi) is 3.42. The molecule has 0 aromatic rings. The highest BCUT2D eigenvalue weighted by molar-refractivity contribution is 5.74. The summed E-state index contributed by atoms with van der Waals surface area (Å²) in [6.45, 7) is 4.68. The van der Waals surface area contributed by atoms with Crippen LogP contribution in [0.4, 0.5) is 0 Å². The molecule has 0 aliphatic carbocycles. The van der Waals surface area contributed by atoms with Crippen molar-refractivity contribution < 1.29 is 24.8 Å². The summed E-state index contributed by atoms with van der Waals surface area (Å²) in [5, 5.41) is 11.8. The van der Waals surface area contributed by atoms with E-state index < -0.39 is 16.5 Å². The summed E-state index contributed by atoms with van der Waals surface area (Å²) in [6, 6.07) is 0. The predicted molar refractivity (Wildman–Crippen MR) is 34.7 cm³/mol. The van der Waals surface area contributed by atoms with Crippen molar-refractivity contribution in [3.05, 3.63) is 10.1 Å². The summed E-state index contributed by atoms with van der Waals surface area (Å²) < 4.78 is 0. The van der Waals surface area contributed by atoms with E-state index in [1.54, 1.807) is 20.8 Å². The second-order valence-electron chi connectivity index (χ2n) is 2.99. The third kappa shape index (κ3) is 4.45. The van der Waals surface area contributed by atoms with Crippen LogP contribution in [0.15, 0.2) is 0 Å². The molecule has 0 aromatic heterocycles. The minimum absolute atomic E-state index is 0.760. The Morgan fingerprint density at radius 3 is 2.25 bits per heavy atom. The number of hydrogen-bond acceptors (Lipinski definition) is 6. The van der Waals surface area contributed by atoms with Crippen LogP contribution in [0.3, 0.4) is 0 Å². The Labute approximate surface area is 68.2 Å². The first-order valence-corrected chi connectivity index (χ1v) is 3.04. The molecular formula is C5H9NO6. The van der Waals surface area contributed by atoms with Crippen LogP contribution in [0.25, 0.3) is 0 Å². The van der Waals surface area contributed by atoms with E-state index in [-0.39, 0.29) is 0 Å². The maximum atomic E-state index is 10.8. The van der Waals surface area contributed by atoms with Gasteiger partial charge in [0.05, 0.1) is 5.41 Å². The van der Waals surface area contributed by atoms with Gasteiger partial charge in [-0.05, 0) is 20.8 Å². The van der Waals surface area contributed by atoms with E-state index in [1.165, 1.54) is 0 Å². The average molecular weight is 179 g/mol. The van der Waals surface area contributed by atoms with Gasteiger partial charge in [-0.3, -0.25) is 4.89 Å². The van der Waals surface area contributed by atoms with E-state index in [1.807, 2.05) is 0 Å². The zero-order chi connectivity index (χ0) is 9.78. The van der Waals surface area contributed by atoms with Crippen molar-refractivity contribution in [2.45, 2.75) is 20.8 Å². The predicted octanol–water partition coefficient (Wildman–Crippen LogP) is 0.631. The molecule has 7 nitrogen and oxygen atoms in total. The first-order valence-electron chi connectivity index (χ1n) is 3.04. The summed E-state index contributed by atoms with van der Waals surface area (Å²) in [6.07, 6.45) is 0. The van der Waals surface area contributed by atoms with E-state index in [2.05, 4.69) is 14.9 Å². The van der Waals surface area contributed by atoms with Gasteiger partial charge in [0.2, 0.25) is 0 Å². The van der Waals surface area contributed by atoms with Crippen molar-refractivity contribution in [2.75, 3.05) is 0 Å². The van der Waals surface area contributed by atoms with Gasteiger partial charge in [0.1, 0.15) is 0 Å². The molecule has 0 atom stereocenters. The van der Waals surface area contributed by atoms with E-state index >= 15 is 0 Å². The van der Waals surface area contributed by atoms with Crippen LogP contribution in [0.5, 0.6) is 0 Å². The van der Waals surface area contributed by atoms with Crippen LogP contribution in [-0.4, -0.2) is 11.1 Å². The number of nitrogens with zero attached hydrogens (tertiary/aromatic N) is 1. The molecule has 0 N–H and O–H groups in total. The van der Waals surface area contributed by atoms with Gasteiger partial charge in [-0.1, -0.05) is 0 Å². The van der Waals surface area contributed by atoms with Crippen LogP contribution in [0.1, 0.15) is 20.8 Å². The largest absolute Gasteiger partial charge is 0.350 e. The molecule has 0 heterocycles. The summed E-state index contributed by atoms with van der Waals surface area (Å²) in [5.41, 5.74) is -0.792.